The molecule has 4 heteroatoms. The fourth-order valence-corrected chi connectivity index (χ4v) is 1.95. The van der Waals surface area contributed by atoms with E-state index in [9.17, 15) is 9.90 Å². The monoisotopic (exact) mass is 235 g/mol. The smallest absolute Gasteiger partial charge is 0.267 e. The second kappa shape index (κ2) is 4.37. The predicted molar refractivity (Wildman–Crippen MR) is 65.2 cm³/mol. The molecule has 1 aliphatic rings. The Hall–Kier alpha value is -1.55. The van der Waals surface area contributed by atoms with Gasteiger partial charge in [0.2, 0.25) is 0 Å². The number of aliphatic hydroxyl groups is 1. The Morgan fingerprint density at radius 2 is 2.24 bits per heavy atom. The Morgan fingerprint density at radius 1 is 1.53 bits per heavy atom. The highest BCUT2D eigenvalue weighted by atomic mass is 16.5. The first-order valence-electron chi connectivity index (χ1n) is 5.80. The van der Waals surface area contributed by atoms with E-state index in [-0.39, 0.29) is 5.91 Å². The fourth-order valence-electron chi connectivity index (χ4n) is 1.95. The van der Waals surface area contributed by atoms with Crippen molar-refractivity contribution < 1.29 is 14.6 Å². The summed E-state index contributed by atoms with van der Waals surface area (Å²) in [5.41, 5.74) is 1.50. The number of rotatable bonds is 2. The molecule has 4 nitrogen and oxygen atoms in total. The Morgan fingerprint density at radius 3 is 2.82 bits per heavy atom. The van der Waals surface area contributed by atoms with E-state index >= 15 is 0 Å². The van der Waals surface area contributed by atoms with Crippen LogP contribution in [0.25, 0.3) is 0 Å². The van der Waals surface area contributed by atoms with Crippen molar-refractivity contribution in [2.75, 3.05) is 11.9 Å². The molecule has 2 rings (SSSR count). The minimum absolute atomic E-state index is 0.0391. The summed E-state index contributed by atoms with van der Waals surface area (Å²) in [6.07, 6.45) is -0.293. The van der Waals surface area contributed by atoms with E-state index in [1.54, 1.807) is 24.9 Å². The third-order valence-corrected chi connectivity index (χ3v) is 3.07. The zero-order chi connectivity index (χ0) is 12.6. The zero-order valence-corrected chi connectivity index (χ0v) is 10.3. The number of carbonyl (C=O) groups is 1. The van der Waals surface area contributed by atoms with Crippen LogP contribution in [0.1, 0.15) is 31.9 Å². The molecule has 0 aliphatic carbocycles. The number of likely N-dealkylation sites (N-methyl/N-ethyl adjacent to an activating group) is 1. The van der Waals surface area contributed by atoms with Crippen LogP contribution in [0, 0.1) is 0 Å². The van der Waals surface area contributed by atoms with E-state index in [1.165, 1.54) is 0 Å². The minimum Gasteiger partial charge on any atom is -0.478 e. The number of ether oxygens (including phenoxy) is 1. The van der Waals surface area contributed by atoms with Gasteiger partial charge < -0.3 is 14.7 Å². The molecule has 0 radical (unpaired) electrons. The van der Waals surface area contributed by atoms with Crippen molar-refractivity contribution in [3.63, 3.8) is 0 Å². The van der Waals surface area contributed by atoms with Crippen molar-refractivity contribution in [3.8, 4) is 5.75 Å². The number of carbonyl (C=O) groups excluding carboxylic acids is 1. The Labute approximate surface area is 101 Å². The lowest BCUT2D eigenvalue weighted by Gasteiger charge is -2.32. The molecule has 0 saturated heterocycles. The van der Waals surface area contributed by atoms with Crippen LogP contribution < -0.4 is 9.64 Å². The van der Waals surface area contributed by atoms with Gasteiger partial charge in [-0.05, 0) is 31.0 Å². The molecule has 0 spiro atoms. The Balaban J connectivity index is 2.43. The molecular formula is C13H17NO3. The predicted octanol–water partition coefficient (Wildman–Crippen LogP) is 1.87. The highest BCUT2D eigenvalue weighted by Gasteiger charge is 2.31. The maximum absolute atomic E-state index is 11.9. The van der Waals surface area contributed by atoms with Gasteiger partial charge in [0, 0.05) is 7.05 Å². The van der Waals surface area contributed by atoms with Gasteiger partial charge in [0.1, 0.15) is 5.75 Å². The highest BCUT2D eigenvalue weighted by Crippen LogP contribution is 2.35. The summed E-state index contributed by atoms with van der Waals surface area (Å²) in [5.74, 6) is 0.658. The van der Waals surface area contributed by atoms with E-state index in [2.05, 4.69) is 0 Å². The second-order valence-corrected chi connectivity index (χ2v) is 4.32. The molecule has 1 aromatic carbocycles. The van der Waals surface area contributed by atoms with Gasteiger partial charge in [0.25, 0.3) is 5.91 Å². The topological polar surface area (TPSA) is 49.8 Å². The van der Waals surface area contributed by atoms with Gasteiger partial charge in [-0.2, -0.15) is 0 Å². The zero-order valence-electron chi connectivity index (χ0n) is 10.3. The number of hydrogen-bond donors (Lipinski definition) is 1. The van der Waals surface area contributed by atoms with Gasteiger partial charge in [0.15, 0.2) is 6.10 Å². The van der Waals surface area contributed by atoms with Crippen LogP contribution in [0.4, 0.5) is 5.69 Å². The summed E-state index contributed by atoms with van der Waals surface area (Å²) in [7, 11) is 1.73. The number of benzene rings is 1. The van der Waals surface area contributed by atoms with E-state index < -0.39 is 12.2 Å². The SMILES string of the molecule is CCC1Oc2ccc(C(C)O)cc2N(C)C1=O. The maximum Gasteiger partial charge on any atom is 0.267 e. The number of anilines is 1. The average molecular weight is 235 g/mol. The van der Waals surface area contributed by atoms with Gasteiger partial charge in [-0.25, -0.2) is 0 Å². The summed E-state index contributed by atoms with van der Waals surface area (Å²) in [4.78, 5) is 13.5. The number of fused-ring (bicyclic) bond motifs is 1. The van der Waals surface area contributed by atoms with Gasteiger partial charge in [0.05, 0.1) is 11.8 Å². The summed E-state index contributed by atoms with van der Waals surface area (Å²) < 4.78 is 5.63. The van der Waals surface area contributed by atoms with E-state index in [4.69, 9.17) is 4.74 Å². The van der Waals surface area contributed by atoms with Crippen molar-refractivity contribution in [2.45, 2.75) is 32.5 Å². The van der Waals surface area contributed by atoms with Crippen molar-refractivity contribution in [1.82, 2.24) is 0 Å². The molecule has 1 aromatic rings. The van der Waals surface area contributed by atoms with E-state index in [0.717, 1.165) is 11.3 Å². The van der Waals surface area contributed by atoms with E-state index in [1.807, 2.05) is 19.1 Å². The van der Waals surface area contributed by atoms with Crippen molar-refractivity contribution >= 4 is 11.6 Å². The normalized spacial score (nSPS) is 20.8. The molecule has 92 valence electrons. The highest BCUT2D eigenvalue weighted by molar-refractivity contribution is 5.99. The molecule has 17 heavy (non-hydrogen) atoms. The lowest BCUT2D eigenvalue weighted by atomic mass is 10.1. The summed E-state index contributed by atoms with van der Waals surface area (Å²) in [6, 6.07) is 5.42. The van der Waals surface area contributed by atoms with Crippen molar-refractivity contribution in [1.29, 1.82) is 0 Å². The van der Waals surface area contributed by atoms with Gasteiger partial charge >= 0.3 is 0 Å². The van der Waals surface area contributed by atoms with Crippen molar-refractivity contribution in [3.05, 3.63) is 23.8 Å². The second-order valence-electron chi connectivity index (χ2n) is 4.32. The Kier molecular flexibility index (Phi) is 3.07. The largest absolute Gasteiger partial charge is 0.478 e. The van der Waals surface area contributed by atoms with Crippen LogP contribution in [-0.2, 0) is 4.79 Å². The molecule has 0 bridgehead atoms. The van der Waals surface area contributed by atoms with Crippen LogP contribution in [0.15, 0.2) is 18.2 Å². The third kappa shape index (κ3) is 2.00. The first-order chi connectivity index (χ1) is 8.04. The lowest BCUT2D eigenvalue weighted by molar-refractivity contribution is -0.126. The van der Waals surface area contributed by atoms with Crippen LogP contribution in [0.2, 0.25) is 0 Å². The summed E-state index contributed by atoms with van der Waals surface area (Å²) >= 11 is 0. The maximum atomic E-state index is 11.9. The first kappa shape index (κ1) is 11.9. The quantitative estimate of drug-likeness (QED) is 0.851. The van der Waals surface area contributed by atoms with Crippen LogP contribution in [-0.4, -0.2) is 24.2 Å². The van der Waals surface area contributed by atoms with Crippen LogP contribution >= 0.6 is 0 Å². The van der Waals surface area contributed by atoms with E-state index in [0.29, 0.717) is 12.2 Å². The summed E-state index contributed by atoms with van der Waals surface area (Å²) in [6.45, 7) is 3.62. The first-order valence-corrected chi connectivity index (χ1v) is 5.80. The van der Waals surface area contributed by atoms with Gasteiger partial charge in [-0.15, -0.1) is 0 Å². The lowest BCUT2D eigenvalue weighted by Crippen LogP contribution is -2.43. The number of hydrogen-bond acceptors (Lipinski definition) is 3. The van der Waals surface area contributed by atoms with Crippen molar-refractivity contribution in [2.24, 2.45) is 0 Å². The fraction of sp³-hybridized carbons (Fsp3) is 0.462. The third-order valence-electron chi connectivity index (χ3n) is 3.07. The summed E-state index contributed by atoms with van der Waals surface area (Å²) in [5, 5.41) is 9.53. The Bertz CT molecular complexity index is 442. The molecule has 1 heterocycles. The molecule has 1 amide bonds. The average Bonchev–Trinajstić information content (AvgIpc) is 2.33. The molecule has 1 N–H and O–H groups in total. The molecule has 0 aromatic heterocycles. The molecular weight excluding hydrogens is 218 g/mol. The van der Waals surface area contributed by atoms with Gasteiger partial charge in [-0.3, -0.25) is 4.79 Å². The molecule has 2 atom stereocenters. The standard InChI is InChI=1S/C13H17NO3/c1-4-11-13(16)14(3)10-7-9(8(2)15)5-6-12(10)17-11/h5-8,11,15H,4H2,1-3H3. The molecule has 2 unspecified atom stereocenters. The number of amides is 1. The van der Waals surface area contributed by atoms with Gasteiger partial charge in [-0.1, -0.05) is 13.0 Å². The number of aliphatic hydroxyl groups excluding tert-OH is 1. The van der Waals surface area contributed by atoms with Crippen LogP contribution in [0.3, 0.4) is 0 Å². The molecule has 0 saturated carbocycles. The number of nitrogens with zero attached hydrogens (tertiary/aromatic N) is 1. The molecule has 1 aliphatic heterocycles. The molecule has 0 fully saturated rings. The van der Waals surface area contributed by atoms with Crippen LogP contribution in [0.5, 0.6) is 5.75 Å². The minimum atomic E-state index is -0.548.